The van der Waals surface area contributed by atoms with Gasteiger partial charge in [0, 0.05) is 29.9 Å². The van der Waals surface area contributed by atoms with Crippen molar-refractivity contribution in [1.82, 2.24) is 24.1 Å². The minimum absolute atomic E-state index is 0.109. The molecule has 0 aliphatic carbocycles. The molecule has 0 aliphatic heterocycles. The summed E-state index contributed by atoms with van der Waals surface area (Å²) in [7, 11) is -3.54. The maximum Gasteiger partial charge on any atom is 0.258 e. The Bertz CT molecular complexity index is 1320. The first-order chi connectivity index (χ1) is 14.0. The summed E-state index contributed by atoms with van der Waals surface area (Å²) >= 11 is 2.82. The van der Waals surface area contributed by atoms with E-state index in [1.165, 1.54) is 33.6 Å². The largest absolute Gasteiger partial charge is 0.333 e. The van der Waals surface area contributed by atoms with Crippen LogP contribution >= 0.6 is 23.1 Å². The Balaban J connectivity index is 1.52. The van der Waals surface area contributed by atoms with Crippen LogP contribution in [0.25, 0.3) is 16.0 Å². The molecule has 4 aromatic rings. The van der Waals surface area contributed by atoms with E-state index in [0.717, 1.165) is 12.8 Å². The molecule has 4 rings (SSSR count). The van der Waals surface area contributed by atoms with Crippen molar-refractivity contribution >= 4 is 49.1 Å². The summed E-state index contributed by atoms with van der Waals surface area (Å²) in [4.78, 5) is 25.0. The summed E-state index contributed by atoms with van der Waals surface area (Å²) in [5.74, 6) is 0.479. The number of hydrogen-bond donors (Lipinski definition) is 2. The van der Waals surface area contributed by atoms with E-state index in [1.54, 1.807) is 24.4 Å². The van der Waals surface area contributed by atoms with Crippen LogP contribution < -0.4 is 10.3 Å². The first-order valence-electron chi connectivity index (χ1n) is 9.04. The minimum atomic E-state index is -3.54. The molecule has 3 heterocycles. The average molecular weight is 450 g/mol. The topological polar surface area (TPSA) is 109 Å². The monoisotopic (exact) mass is 449 g/mol. The van der Waals surface area contributed by atoms with Crippen LogP contribution in [0.15, 0.2) is 50.7 Å². The smallest absolute Gasteiger partial charge is 0.258 e. The lowest BCUT2D eigenvalue weighted by Gasteiger charge is -2.05. The number of thiazole rings is 1. The molecule has 11 heteroatoms. The number of fused-ring (bicyclic) bond motifs is 2. The van der Waals surface area contributed by atoms with Gasteiger partial charge in [-0.1, -0.05) is 25.1 Å². The van der Waals surface area contributed by atoms with E-state index >= 15 is 0 Å². The molecule has 0 saturated heterocycles. The lowest BCUT2D eigenvalue weighted by molar-refractivity contribution is 0.578. The molecular formula is C18H19N5O3S3. The molecule has 0 bridgehead atoms. The maximum absolute atomic E-state index is 12.4. The second-order valence-electron chi connectivity index (χ2n) is 6.40. The van der Waals surface area contributed by atoms with Crippen LogP contribution in [0.5, 0.6) is 0 Å². The van der Waals surface area contributed by atoms with Crippen LogP contribution in [-0.4, -0.2) is 34.3 Å². The molecule has 2 N–H and O–H groups in total. The van der Waals surface area contributed by atoms with E-state index in [-0.39, 0.29) is 10.5 Å². The molecule has 3 aromatic heterocycles. The molecule has 0 saturated carbocycles. The van der Waals surface area contributed by atoms with Gasteiger partial charge in [-0.3, -0.25) is 9.20 Å². The summed E-state index contributed by atoms with van der Waals surface area (Å²) in [5.41, 5.74) is 1.89. The van der Waals surface area contributed by atoms with Gasteiger partial charge in [0.25, 0.3) is 5.56 Å². The number of rotatable bonds is 8. The van der Waals surface area contributed by atoms with Crippen molar-refractivity contribution in [3.05, 3.63) is 51.9 Å². The Morgan fingerprint density at radius 3 is 2.97 bits per heavy atom. The number of benzene rings is 1. The number of H-pyrrole nitrogens is 1. The average Bonchev–Trinajstić information content (AvgIpc) is 3.32. The summed E-state index contributed by atoms with van der Waals surface area (Å²) in [6.45, 7) is 2.43. The van der Waals surface area contributed by atoms with Crippen LogP contribution in [0.3, 0.4) is 0 Å². The van der Waals surface area contributed by atoms with Gasteiger partial charge in [0.1, 0.15) is 0 Å². The Hall–Kier alpha value is -2.21. The molecule has 0 unspecified atom stereocenters. The van der Waals surface area contributed by atoms with Crippen molar-refractivity contribution in [2.24, 2.45) is 0 Å². The molecule has 0 aliphatic rings. The van der Waals surface area contributed by atoms with Gasteiger partial charge in [0.15, 0.2) is 10.1 Å². The highest BCUT2D eigenvalue weighted by molar-refractivity contribution is 7.98. The highest BCUT2D eigenvalue weighted by Crippen LogP contribution is 2.24. The normalized spacial score (nSPS) is 12.2. The van der Waals surface area contributed by atoms with Gasteiger partial charge in [0.2, 0.25) is 10.0 Å². The Morgan fingerprint density at radius 1 is 1.28 bits per heavy atom. The van der Waals surface area contributed by atoms with Gasteiger partial charge in [-0.05, 0) is 24.6 Å². The SMILES string of the molecule is CCCCNS(=O)(=O)c1ccc2nc(SCc3cc(=O)n4ccsc4n3)[nH]c2c1. The van der Waals surface area contributed by atoms with E-state index in [9.17, 15) is 13.2 Å². The lowest BCUT2D eigenvalue weighted by atomic mass is 10.3. The zero-order valence-corrected chi connectivity index (χ0v) is 18.0. The van der Waals surface area contributed by atoms with Crippen molar-refractivity contribution in [2.45, 2.75) is 35.6 Å². The standard InChI is InChI=1S/C18H19N5O3S3/c1-2-3-6-19-29(25,26)13-4-5-14-15(10-13)22-17(21-14)28-11-12-9-16(24)23-7-8-27-18(23)20-12/h4-5,7-10,19H,2-3,6,11H2,1H3,(H,21,22). The van der Waals surface area contributed by atoms with Gasteiger partial charge in [-0.25, -0.2) is 23.1 Å². The molecule has 29 heavy (non-hydrogen) atoms. The third kappa shape index (κ3) is 4.37. The van der Waals surface area contributed by atoms with E-state index in [0.29, 0.717) is 39.1 Å². The van der Waals surface area contributed by atoms with Crippen LogP contribution in [0.1, 0.15) is 25.5 Å². The number of nitrogens with one attached hydrogen (secondary N) is 2. The Kier molecular flexibility index (Phi) is 5.72. The third-order valence-electron chi connectivity index (χ3n) is 4.28. The van der Waals surface area contributed by atoms with Crippen molar-refractivity contribution in [3.63, 3.8) is 0 Å². The summed E-state index contributed by atoms with van der Waals surface area (Å²) in [6, 6.07) is 6.34. The molecule has 0 spiro atoms. The first-order valence-corrected chi connectivity index (χ1v) is 12.4. The van der Waals surface area contributed by atoms with Crippen LogP contribution in [0, 0.1) is 0 Å². The zero-order chi connectivity index (χ0) is 20.4. The quantitative estimate of drug-likeness (QED) is 0.316. The van der Waals surface area contributed by atoms with Crippen molar-refractivity contribution in [1.29, 1.82) is 0 Å². The molecule has 0 amide bonds. The molecule has 0 radical (unpaired) electrons. The number of aromatic nitrogens is 4. The van der Waals surface area contributed by atoms with Gasteiger partial charge in [-0.15, -0.1) is 11.3 Å². The van der Waals surface area contributed by atoms with E-state index in [2.05, 4.69) is 19.7 Å². The predicted octanol–water partition coefficient (Wildman–Crippen LogP) is 3.00. The van der Waals surface area contributed by atoms with Crippen LogP contribution in [0.4, 0.5) is 0 Å². The fraction of sp³-hybridized carbons (Fsp3) is 0.278. The van der Waals surface area contributed by atoms with Gasteiger partial charge < -0.3 is 4.98 Å². The number of hydrogen-bond acceptors (Lipinski definition) is 7. The molecular weight excluding hydrogens is 430 g/mol. The molecule has 0 fully saturated rings. The number of unbranched alkanes of at least 4 members (excludes halogenated alkanes) is 1. The summed E-state index contributed by atoms with van der Waals surface area (Å²) < 4.78 is 28.9. The summed E-state index contributed by atoms with van der Waals surface area (Å²) in [6.07, 6.45) is 3.42. The summed E-state index contributed by atoms with van der Waals surface area (Å²) in [5, 5.41) is 2.46. The Labute approximate surface area is 175 Å². The number of thioether (sulfide) groups is 1. The number of sulfonamides is 1. The van der Waals surface area contributed by atoms with Gasteiger partial charge >= 0.3 is 0 Å². The number of nitrogens with zero attached hydrogens (tertiary/aromatic N) is 3. The fourth-order valence-corrected chi connectivity index (χ4v) is 5.39. The van der Waals surface area contributed by atoms with Crippen molar-refractivity contribution in [3.8, 4) is 0 Å². The predicted molar refractivity (Wildman–Crippen MR) is 115 cm³/mol. The van der Waals surface area contributed by atoms with Crippen LogP contribution in [0.2, 0.25) is 0 Å². The molecule has 0 atom stereocenters. The number of aromatic amines is 1. The highest BCUT2D eigenvalue weighted by Gasteiger charge is 2.15. The zero-order valence-electron chi connectivity index (χ0n) is 15.6. The van der Waals surface area contributed by atoms with E-state index < -0.39 is 10.0 Å². The van der Waals surface area contributed by atoms with E-state index in [4.69, 9.17) is 0 Å². The molecule has 8 nitrogen and oxygen atoms in total. The first kappa shape index (κ1) is 20.1. The second-order valence-corrected chi connectivity index (χ2v) is 10.0. The van der Waals surface area contributed by atoms with Crippen molar-refractivity contribution < 1.29 is 8.42 Å². The second kappa shape index (κ2) is 8.27. The number of imidazole rings is 1. The molecule has 1 aromatic carbocycles. The van der Waals surface area contributed by atoms with Crippen LogP contribution in [-0.2, 0) is 15.8 Å². The van der Waals surface area contributed by atoms with Gasteiger partial charge in [-0.2, -0.15) is 0 Å². The lowest BCUT2D eigenvalue weighted by Crippen LogP contribution is -2.24. The fourth-order valence-electron chi connectivity index (χ4n) is 2.77. The highest BCUT2D eigenvalue weighted by atomic mass is 32.2. The minimum Gasteiger partial charge on any atom is -0.333 e. The third-order valence-corrected chi connectivity index (χ3v) is 7.40. The molecule has 152 valence electrons. The van der Waals surface area contributed by atoms with Crippen molar-refractivity contribution in [2.75, 3.05) is 6.54 Å². The van der Waals surface area contributed by atoms with E-state index in [1.807, 2.05) is 12.3 Å². The Morgan fingerprint density at radius 2 is 2.14 bits per heavy atom. The van der Waals surface area contributed by atoms with Gasteiger partial charge in [0.05, 0.1) is 21.6 Å². The maximum atomic E-state index is 12.4.